The van der Waals surface area contributed by atoms with Gasteiger partial charge in [0.25, 0.3) is 5.91 Å². The Hall–Kier alpha value is -2.76. The summed E-state index contributed by atoms with van der Waals surface area (Å²) in [7, 11) is 1.67. The van der Waals surface area contributed by atoms with Crippen molar-refractivity contribution in [2.75, 3.05) is 50.1 Å². The molecule has 1 aromatic carbocycles. The van der Waals surface area contributed by atoms with Crippen LogP contribution in [0.15, 0.2) is 42.7 Å². The van der Waals surface area contributed by atoms with Gasteiger partial charge in [0, 0.05) is 50.8 Å². The third-order valence-corrected chi connectivity index (χ3v) is 4.57. The van der Waals surface area contributed by atoms with Gasteiger partial charge in [0.15, 0.2) is 0 Å². The number of nitrogens with one attached hydrogen (secondary N) is 1. The summed E-state index contributed by atoms with van der Waals surface area (Å²) in [6, 6.07) is 9.94. The van der Waals surface area contributed by atoms with Gasteiger partial charge >= 0.3 is 0 Å². The Bertz CT molecular complexity index is 725. The Balaban J connectivity index is 1.59. The summed E-state index contributed by atoms with van der Waals surface area (Å²) in [6.45, 7) is 6.03. The number of rotatable bonds is 6. The molecule has 0 unspecified atom stereocenters. The van der Waals surface area contributed by atoms with Crippen LogP contribution in [0.5, 0.6) is 5.75 Å². The maximum Gasteiger partial charge on any atom is 0.255 e. The number of amides is 1. The van der Waals surface area contributed by atoms with Gasteiger partial charge in [-0.3, -0.25) is 9.78 Å². The van der Waals surface area contributed by atoms with Crippen LogP contribution in [0.4, 0.5) is 11.4 Å². The molecule has 0 saturated carbocycles. The predicted molar refractivity (Wildman–Crippen MR) is 104 cm³/mol. The lowest BCUT2D eigenvalue weighted by molar-refractivity contribution is 0.0746. The molecule has 0 radical (unpaired) electrons. The quantitative estimate of drug-likeness (QED) is 0.864. The Morgan fingerprint density at radius 2 is 1.88 bits per heavy atom. The maximum atomic E-state index is 12.8. The van der Waals surface area contributed by atoms with Crippen molar-refractivity contribution >= 4 is 17.3 Å². The number of pyridine rings is 1. The number of anilines is 2. The highest BCUT2D eigenvalue weighted by molar-refractivity contribution is 5.95. The molecule has 1 fully saturated rings. The number of carbonyl (C=O) groups excluding carboxylic acids is 1. The standard InChI is InChI=1S/C20H26N4O2/c1-3-8-22-17-13-16(14-21-15-17)20(25)24-11-9-23(10-12-24)18-4-6-19(26-2)7-5-18/h4-7,13-15,22H,3,8-12H2,1-2H3. The molecular weight excluding hydrogens is 328 g/mol. The molecule has 1 aromatic heterocycles. The number of methoxy groups -OCH3 is 1. The SMILES string of the molecule is CCCNc1cncc(C(=O)N2CCN(c3ccc(OC)cc3)CC2)c1. The first kappa shape index (κ1) is 18.0. The Morgan fingerprint density at radius 1 is 1.15 bits per heavy atom. The van der Waals surface area contributed by atoms with Crippen LogP contribution in [0.25, 0.3) is 0 Å². The third-order valence-electron chi connectivity index (χ3n) is 4.57. The predicted octanol–water partition coefficient (Wildman–Crippen LogP) is 2.87. The van der Waals surface area contributed by atoms with Crippen molar-refractivity contribution in [3.8, 4) is 5.75 Å². The Morgan fingerprint density at radius 3 is 2.54 bits per heavy atom. The lowest BCUT2D eigenvalue weighted by Crippen LogP contribution is -2.48. The van der Waals surface area contributed by atoms with E-state index in [0.717, 1.165) is 43.2 Å². The van der Waals surface area contributed by atoms with Crippen molar-refractivity contribution in [2.45, 2.75) is 13.3 Å². The van der Waals surface area contributed by atoms with Crippen molar-refractivity contribution in [2.24, 2.45) is 0 Å². The van der Waals surface area contributed by atoms with Crippen molar-refractivity contribution in [3.63, 3.8) is 0 Å². The first-order valence-electron chi connectivity index (χ1n) is 9.08. The fourth-order valence-corrected chi connectivity index (χ4v) is 3.07. The van der Waals surface area contributed by atoms with Gasteiger partial charge in [-0.2, -0.15) is 0 Å². The van der Waals surface area contributed by atoms with E-state index in [9.17, 15) is 4.79 Å². The normalized spacial score (nSPS) is 14.2. The Kier molecular flexibility index (Phi) is 5.94. The number of aromatic nitrogens is 1. The van der Waals surface area contributed by atoms with E-state index in [0.29, 0.717) is 18.7 Å². The van der Waals surface area contributed by atoms with E-state index in [1.54, 1.807) is 19.5 Å². The van der Waals surface area contributed by atoms with Gasteiger partial charge in [0.2, 0.25) is 0 Å². The molecule has 0 atom stereocenters. The third kappa shape index (κ3) is 4.25. The van der Waals surface area contributed by atoms with E-state index in [1.165, 1.54) is 0 Å². The van der Waals surface area contributed by atoms with E-state index in [4.69, 9.17) is 4.74 Å². The maximum absolute atomic E-state index is 12.8. The molecule has 0 aliphatic carbocycles. The zero-order valence-corrected chi connectivity index (χ0v) is 15.4. The van der Waals surface area contributed by atoms with Gasteiger partial charge in [-0.05, 0) is 36.8 Å². The van der Waals surface area contributed by atoms with Crippen molar-refractivity contribution in [3.05, 3.63) is 48.3 Å². The van der Waals surface area contributed by atoms with Gasteiger partial charge in [-0.15, -0.1) is 0 Å². The first-order chi connectivity index (χ1) is 12.7. The van der Waals surface area contributed by atoms with Gasteiger partial charge in [-0.25, -0.2) is 0 Å². The number of hydrogen-bond acceptors (Lipinski definition) is 5. The van der Waals surface area contributed by atoms with Crippen LogP contribution >= 0.6 is 0 Å². The molecule has 1 amide bonds. The molecule has 138 valence electrons. The van der Waals surface area contributed by atoms with Gasteiger partial charge in [-0.1, -0.05) is 6.92 Å². The molecule has 1 aliphatic rings. The number of benzene rings is 1. The summed E-state index contributed by atoms with van der Waals surface area (Å²) >= 11 is 0. The van der Waals surface area contributed by atoms with Crippen molar-refractivity contribution in [1.29, 1.82) is 0 Å². The number of nitrogens with zero attached hydrogens (tertiary/aromatic N) is 3. The second kappa shape index (κ2) is 8.56. The van der Waals surface area contributed by atoms with E-state index in [1.807, 2.05) is 23.1 Å². The van der Waals surface area contributed by atoms with Gasteiger partial charge in [0.05, 0.1) is 18.4 Å². The highest BCUT2D eigenvalue weighted by atomic mass is 16.5. The second-order valence-electron chi connectivity index (χ2n) is 6.37. The average Bonchev–Trinajstić information content (AvgIpc) is 2.72. The minimum atomic E-state index is 0.0482. The fraction of sp³-hybridized carbons (Fsp3) is 0.400. The fourth-order valence-electron chi connectivity index (χ4n) is 3.07. The van der Waals surface area contributed by atoms with E-state index >= 15 is 0 Å². The number of ether oxygens (including phenoxy) is 1. The topological polar surface area (TPSA) is 57.7 Å². The molecule has 26 heavy (non-hydrogen) atoms. The minimum absolute atomic E-state index is 0.0482. The van der Waals surface area contributed by atoms with Crippen LogP contribution in [0, 0.1) is 0 Å². The number of hydrogen-bond donors (Lipinski definition) is 1. The van der Waals surface area contributed by atoms with Gasteiger partial charge in [0.1, 0.15) is 5.75 Å². The van der Waals surface area contributed by atoms with Crippen LogP contribution < -0.4 is 15.0 Å². The van der Waals surface area contributed by atoms with E-state index in [2.05, 4.69) is 34.3 Å². The zero-order valence-electron chi connectivity index (χ0n) is 15.4. The van der Waals surface area contributed by atoms with Crippen LogP contribution in [-0.2, 0) is 0 Å². The molecule has 2 aromatic rings. The first-order valence-corrected chi connectivity index (χ1v) is 9.08. The molecule has 0 spiro atoms. The monoisotopic (exact) mass is 354 g/mol. The van der Waals surface area contributed by atoms with E-state index < -0.39 is 0 Å². The lowest BCUT2D eigenvalue weighted by Gasteiger charge is -2.36. The van der Waals surface area contributed by atoms with Gasteiger partial charge < -0.3 is 19.9 Å². The van der Waals surface area contributed by atoms with Crippen molar-refractivity contribution < 1.29 is 9.53 Å². The largest absolute Gasteiger partial charge is 0.497 e. The highest BCUT2D eigenvalue weighted by Gasteiger charge is 2.22. The summed E-state index contributed by atoms with van der Waals surface area (Å²) in [4.78, 5) is 21.2. The highest BCUT2D eigenvalue weighted by Crippen LogP contribution is 2.21. The van der Waals surface area contributed by atoms with Crippen molar-refractivity contribution in [1.82, 2.24) is 9.88 Å². The summed E-state index contributed by atoms with van der Waals surface area (Å²) in [5.41, 5.74) is 2.70. The number of carbonyl (C=O) groups is 1. The lowest BCUT2D eigenvalue weighted by atomic mass is 10.2. The van der Waals surface area contributed by atoms with Crippen LogP contribution in [0.3, 0.4) is 0 Å². The molecular formula is C20H26N4O2. The smallest absolute Gasteiger partial charge is 0.255 e. The summed E-state index contributed by atoms with van der Waals surface area (Å²) in [5.74, 6) is 0.902. The molecule has 1 saturated heterocycles. The minimum Gasteiger partial charge on any atom is -0.497 e. The molecule has 6 heteroatoms. The van der Waals surface area contributed by atoms with Crippen LogP contribution in [0.2, 0.25) is 0 Å². The second-order valence-corrected chi connectivity index (χ2v) is 6.37. The molecule has 1 N–H and O–H groups in total. The summed E-state index contributed by atoms with van der Waals surface area (Å²) < 4.78 is 5.21. The number of piperazine rings is 1. The van der Waals surface area contributed by atoms with E-state index in [-0.39, 0.29) is 5.91 Å². The molecule has 2 heterocycles. The van der Waals surface area contributed by atoms with Crippen LogP contribution in [0.1, 0.15) is 23.7 Å². The average molecular weight is 354 g/mol. The molecule has 1 aliphatic heterocycles. The molecule has 6 nitrogen and oxygen atoms in total. The molecule has 0 bridgehead atoms. The zero-order chi connectivity index (χ0) is 18.4. The summed E-state index contributed by atoms with van der Waals surface area (Å²) in [5, 5.41) is 3.28. The van der Waals surface area contributed by atoms with Crippen LogP contribution in [-0.4, -0.2) is 55.6 Å². The molecule has 3 rings (SSSR count). The summed E-state index contributed by atoms with van der Waals surface area (Å²) in [6.07, 6.45) is 4.44. The Labute approximate surface area is 154 Å².